The van der Waals surface area contributed by atoms with Crippen LogP contribution < -0.4 is 5.32 Å². The summed E-state index contributed by atoms with van der Waals surface area (Å²) in [5.41, 5.74) is 1.20. The topological polar surface area (TPSA) is 37.8 Å². The van der Waals surface area contributed by atoms with Gasteiger partial charge in [0.05, 0.1) is 0 Å². The fraction of sp³-hybridized carbons (Fsp3) is 0.0909. The van der Waals surface area contributed by atoms with Gasteiger partial charge in [0.1, 0.15) is 16.1 Å². The molecule has 2 rings (SSSR count). The highest BCUT2D eigenvalue weighted by atomic mass is 35.5. The molecule has 0 atom stereocenters. The summed E-state index contributed by atoms with van der Waals surface area (Å²) in [7, 11) is 0. The number of rotatable bonds is 2. The number of aromatic nitrogens is 2. The Morgan fingerprint density at radius 3 is 2.35 bits per heavy atom. The Labute approximate surface area is 108 Å². The molecule has 1 N–H and O–H groups in total. The first-order valence-electron chi connectivity index (χ1n) is 4.78. The van der Waals surface area contributed by atoms with Crippen LogP contribution in [0.2, 0.25) is 10.3 Å². The van der Waals surface area contributed by atoms with Crippen LogP contribution in [0.1, 0.15) is 5.56 Å². The van der Waals surface area contributed by atoms with E-state index in [2.05, 4.69) is 15.3 Å². The number of benzene rings is 1. The zero-order valence-corrected chi connectivity index (χ0v) is 10.3. The largest absolute Gasteiger partial charge is 0.324 e. The Kier molecular flexibility index (Phi) is 3.45. The van der Waals surface area contributed by atoms with E-state index in [0.717, 1.165) is 0 Å². The summed E-state index contributed by atoms with van der Waals surface area (Å²) in [4.78, 5) is 7.89. The highest BCUT2D eigenvalue weighted by molar-refractivity contribution is 6.33. The first-order chi connectivity index (χ1) is 8.04. The number of nitrogens with one attached hydrogen (secondary N) is 1. The average molecular weight is 272 g/mol. The molecule has 0 fully saturated rings. The summed E-state index contributed by atoms with van der Waals surface area (Å²) in [6, 6.07) is 6.03. The summed E-state index contributed by atoms with van der Waals surface area (Å²) in [5.74, 6) is 0.00843. The monoisotopic (exact) mass is 271 g/mol. The van der Waals surface area contributed by atoms with Crippen molar-refractivity contribution in [2.24, 2.45) is 0 Å². The molecule has 0 aliphatic heterocycles. The highest BCUT2D eigenvalue weighted by Gasteiger charge is 2.04. The molecule has 0 amide bonds. The van der Waals surface area contributed by atoms with Crippen LogP contribution in [0, 0.1) is 12.7 Å². The van der Waals surface area contributed by atoms with Crippen molar-refractivity contribution in [1.82, 2.24) is 9.97 Å². The van der Waals surface area contributed by atoms with E-state index in [1.165, 1.54) is 12.1 Å². The molecule has 0 spiro atoms. The molecule has 3 nitrogen and oxygen atoms in total. The third-order valence-corrected chi connectivity index (χ3v) is 2.46. The molecular formula is C11H8Cl2FN3. The summed E-state index contributed by atoms with van der Waals surface area (Å²) in [6.45, 7) is 1.67. The Bertz CT molecular complexity index is 540. The van der Waals surface area contributed by atoms with E-state index in [9.17, 15) is 4.39 Å². The highest BCUT2D eigenvalue weighted by Crippen LogP contribution is 2.20. The summed E-state index contributed by atoms with van der Waals surface area (Å²) >= 11 is 11.5. The second-order valence-corrected chi connectivity index (χ2v) is 4.20. The maximum atomic E-state index is 13.1. The molecule has 17 heavy (non-hydrogen) atoms. The number of aryl methyl sites for hydroxylation is 1. The van der Waals surface area contributed by atoms with E-state index in [-0.39, 0.29) is 22.1 Å². The Balaban J connectivity index is 2.28. The molecule has 0 radical (unpaired) electrons. The van der Waals surface area contributed by atoms with Gasteiger partial charge in [-0.2, -0.15) is 0 Å². The molecule has 88 valence electrons. The van der Waals surface area contributed by atoms with Crippen LogP contribution in [-0.2, 0) is 0 Å². The smallest absolute Gasteiger partial charge is 0.230 e. The first-order valence-corrected chi connectivity index (χ1v) is 5.53. The minimum Gasteiger partial charge on any atom is -0.324 e. The maximum absolute atomic E-state index is 13.1. The molecule has 0 saturated carbocycles. The molecule has 0 unspecified atom stereocenters. The summed E-state index contributed by atoms with van der Waals surface area (Å²) in [5, 5.41) is 3.38. The van der Waals surface area contributed by atoms with Crippen molar-refractivity contribution in [3.05, 3.63) is 46.0 Å². The van der Waals surface area contributed by atoms with Gasteiger partial charge in [-0.3, -0.25) is 0 Å². The molecule has 1 heterocycles. The van der Waals surface area contributed by atoms with Crippen LogP contribution in [0.3, 0.4) is 0 Å². The van der Waals surface area contributed by atoms with Crippen molar-refractivity contribution in [1.29, 1.82) is 0 Å². The lowest BCUT2D eigenvalue weighted by Gasteiger charge is -2.06. The second-order valence-electron chi connectivity index (χ2n) is 3.43. The molecule has 6 heteroatoms. The number of anilines is 2. The zero-order chi connectivity index (χ0) is 12.4. The van der Waals surface area contributed by atoms with E-state index in [1.54, 1.807) is 19.1 Å². The Hall–Kier alpha value is -1.39. The second kappa shape index (κ2) is 4.85. The molecule has 0 aliphatic rings. The van der Waals surface area contributed by atoms with Crippen LogP contribution in [-0.4, -0.2) is 9.97 Å². The minimum atomic E-state index is -0.263. The first kappa shape index (κ1) is 12.1. The number of hydrogen-bond donors (Lipinski definition) is 1. The molecule has 0 aliphatic carbocycles. The Morgan fingerprint density at radius 2 is 1.76 bits per heavy atom. The minimum absolute atomic E-state index is 0.242. The number of hydrogen-bond acceptors (Lipinski definition) is 3. The van der Waals surface area contributed by atoms with Crippen molar-refractivity contribution in [2.75, 3.05) is 5.32 Å². The Morgan fingerprint density at radius 1 is 1.12 bits per heavy atom. The summed E-state index contributed by atoms with van der Waals surface area (Å²) < 4.78 is 13.1. The van der Waals surface area contributed by atoms with Crippen molar-refractivity contribution in [3.8, 4) is 0 Å². The molecular weight excluding hydrogens is 264 g/mol. The van der Waals surface area contributed by atoms with Gasteiger partial charge >= 0.3 is 0 Å². The van der Waals surface area contributed by atoms with Crippen molar-refractivity contribution >= 4 is 34.8 Å². The van der Waals surface area contributed by atoms with E-state index < -0.39 is 0 Å². The number of nitrogens with zero attached hydrogens (tertiary/aromatic N) is 2. The fourth-order valence-electron chi connectivity index (χ4n) is 1.30. The quantitative estimate of drug-likeness (QED) is 0.840. The standard InChI is InChI=1S/C11H8Cl2FN3/c1-6-4-7(2-3-8(6)14)15-11-16-9(12)5-10(13)17-11/h2-5H,1H3,(H,15,16,17). The van der Waals surface area contributed by atoms with Crippen LogP contribution in [0.5, 0.6) is 0 Å². The van der Waals surface area contributed by atoms with E-state index >= 15 is 0 Å². The van der Waals surface area contributed by atoms with Crippen LogP contribution >= 0.6 is 23.2 Å². The molecule has 0 saturated heterocycles. The molecule has 2 aromatic rings. The van der Waals surface area contributed by atoms with Gasteiger partial charge in [0, 0.05) is 11.8 Å². The van der Waals surface area contributed by atoms with Gasteiger partial charge in [0.2, 0.25) is 5.95 Å². The fourth-order valence-corrected chi connectivity index (χ4v) is 1.72. The lowest BCUT2D eigenvalue weighted by molar-refractivity contribution is 0.619. The van der Waals surface area contributed by atoms with Gasteiger partial charge in [0.15, 0.2) is 0 Å². The van der Waals surface area contributed by atoms with Crippen molar-refractivity contribution < 1.29 is 4.39 Å². The lowest BCUT2D eigenvalue weighted by atomic mass is 10.2. The van der Waals surface area contributed by atoms with E-state index in [0.29, 0.717) is 11.3 Å². The average Bonchev–Trinajstić information content (AvgIpc) is 2.22. The van der Waals surface area contributed by atoms with E-state index in [1.807, 2.05) is 0 Å². The zero-order valence-electron chi connectivity index (χ0n) is 8.84. The van der Waals surface area contributed by atoms with Crippen LogP contribution in [0.4, 0.5) is 16.0 Å². The van der Waals surface area contributed by atoms with Gasteiger partial charge in [0.25, 0.3) is 0 Å². The van der Waals surface area contributed by atoms with Gasteiger partial charge < -0.3 is 5.32 Å². The lowest BCUT2D eigenvalue weighted by Crippen LogP contribution is -1.98. The van der Waals surface area contributed by atoms with Gasteiger partial charge in [-0.1, -0.05) is 23.2 Å². The van der Waals surface area contributed by atoms with Crippen LogP contribution in [0.25, 0.3) is 0 Å². The predicted molar refractivity (Wildman–Crippen MR) is 66.5 cm³/mol. The normalized spacial score (nSPS) is 10.4. The molecule has 1 aromatic heterocycles. The van der Waals surface area contributed by atoms with Gasteiger partial charge in [-0.25, -0.2) is 14.4 Å². The predicted octanol–water partition coefficient (Wildman–Crippen LogP) is 3.97. The SMILES string of the molecule is Cc1cc(Nc2nc(Cl)cc(Cl)n2)ccc1F. The molecule has 0 bridgehead atoms. The van der Waals surface area contributed by atoms with Crippen molar-refractivity contribution in [2.45, 2.75) is 6.92 Å². The number of halogens is 3. The summed E-state index contributed by atoms with van der Waals surface area (Å²) in [6.07, 6.45) is 0. The maximum Gasteiger partial charge on any atom is 0.230 e. The van der Waals surface area contributed by atoms with Crippen LogP contribution in [0.15, 0.2) is 24.3 Å². The van der Waals surface area contributed by atoms with Gasteiger partial charge in [-0.15, -0.1) is 0 Å². The third kappa shape index (κ3) is 3.05. The third-order valence-electron chi connectivity index (χ3n) is 2.08. The van der Waals surface area contributed by atoms with Crippen molar-refractivity contribution in [3.63, 3.8) is 0 Å². The molecule has 1 aromatic carbocycles. The van der Waals surface area contributed by atoms with E-state index in [4.69, 9.17) is 23.2 Å². The van der Waals surface area contributed by atoms with Gasteiger partial charge in [-0.05, 0) is 30.7 Å².